The molecule has 144 valence electrons. The van der Waals surface area contributed by atoms with Crippen LogP contribution in [0.15, 0.2) is 42.7 Å². The molecule has 27 heavy (non-hydrogen) atoms. The Morgan fingerprint density at radius 3 is 2.41 bits per heavy atom. The molecule has 0 bridgehead atoms. The molecule has 1 N–H and O–H groups in total. The first-order valence-electron chi connectivity index (χ1n) is 9.76. The van der Waals surface area contributed by atoms with Gasteiger partial charge >= 0.3 is 0 Å². The van der Waals surface area contributed by atoms with E-state index in [2.05, 4.69) is 45.0 Å². The molecule has 1 saturated heterocycles. The van der Waals surface area contributed by atoms with E-state index >= 15 is 0 Å². The number of piperazine rings is 1. The van der Waals surface area contributed by atoms with Crippen LogP contribution in [0.25, 0.3) is 0 Å². The van der Waals surface area contributed by atoms with Gasteiger partial charge in [-0.25, -0.2) is 9.97 Å². The SMILES string of the molecule is CC[C@H](C)c1ccccc1NC(=O)[C@H](C)N1CCN(c2ncccn2)CC1. The van der Waals surface area contributed by atoms with E-state index in [0.717, 1.165) is 44.2 Å². The molecule has 1 aromatic carbocycles. The van der Waals surface area contributed by atoms with Crippen molar-refractivity contribution in [1.29, 1.82) is 0 Å². The van der Waals surface area contributed by atoms with E-state index in [-0.39, 0.29) is 11.9 Å². The minimum atomic E-state index is -0.172. The lowest BCUT2D eigenvalue weighted by atomic mass is 9.97. The van der Waals surface area contributed by atoms with Gasteiger partial charge in [0.25, 0.3) is 0 Å². The van der Waals surface area contributed by atoms with Crippen LogP contribution in [0.4, 0.5) is 11.6 Å². The van der Waals surface area contributed by atoms with Gasteiger partial charge in [-0.1, -0.05) is 32.0 Å². The first-order chi connectivity index (χ1) is 13.1. The van der Waals surface area contributed by atoms with Crippen LogP contribution in [0.2, 0.25) is 0 Å². The third-order valence-corrected chi connectivity index (χ3v) is 5.44. The summed E-state index contributed by atoms with van der Waals surface area (Å²) >= 11 is 0. The number of benzene rings is 1. The number of carbonyl (C=O) groups is 1. The molecule has 1 amide bonds. The van der Waals surface area contributed by atoms with Crippen LogP contribution in [-0.4, -0.2) is 53.0 Å². The lowest BCUT2D eigenvalue weighted by Crippen LogP contribution is -2.53. The highest BCUT2D eigenvalue weighted by atomic mass is 16.2. The van der Waals surface area contributed by atoms with Crippen LogP contribution in [0.1, 0.15) is 38.7 Å². The molecule has 0 unspecified atom stereocenters. The van der Waals surface area contributed by atoms with Gasteiger partial charge in [-0.3, -0.25) is 9.69 Å². The van der Waals surface area contributed by atoms with E-state index in [4.69, 9.17) is 0 Å². The highest BCUT2D eigenvalue weighted by molar-refractivity contribution is 5.95. The van der Waals surface area contributed by atoms with E-state index in [1.165, 1.54) is 5.56 Å². The third kappa shape index (κ3) is 4.63. The summed E-state index contributed by atoms with van der Waals surface area (Å²) in [6, 6.07) is 9.76. The normalized spacial score (nSPS) is 17.4. The van der Waals surface area contributed by atoms with Crippen LogP contribution in [-0.2, 0) is 4.79 Å². The van der Waals surface area contributed by atoms with E-state index in [0.29, 0.717) is 5.92 Å². The number of aromatic nitrogens is 2. The Kier molecular flexibility index (Phi) is 6.40. The van der Waals surface area contributed by atoms with Gasteiger partial charge in [-0.2, -0.15) is 0 Å². The molecule has 6 nitrogen and oxygen atoms in total. The Balaban J connectivity index is 1.59. The summed E-state index contributed by atoms with van der Waals surface area (Å²) in [5.74, 6) is 1.23. The van der Waals surface area contributed by atoms with E-state index in [1.54, 1.807) is 12.4 Å². The standard InChI is InChI=1S/C21H29N5O/c1-4-16(2)18-8-5-6-9-19(18)24-20(27)17(3)25-12-14-26(15-13-25)21-22-10-7-11-23-21/h5-11,16-17H,4,12-15H2,1-3H3,(H,24,27)/t16-,17-/m0/s1. The van der Waals surface area contributed by atoms with Crippen molar-refractivity contribution in [2.45, 2.75) is 39.2 Å². The second-order valence-corrected chi connectivity index (χ2v) is 7.13. The Labute approximate surface area is 161 Å². The van der Waals surface area contributed by atoms with Crippen LogP contribution in [0, 0.1) is 0 Å². The molecule has 1 aliphatic rings. The second kappa shape index (κ2) is 8.95. The molecule has 2 aromatic rings. The second-order valence-electron chi connectivity index (χ2n) is 7.13. The fourth-order valence-corrected chi connectivity index (χ4v) is 3.43. The monoisotopic (exact) mass is 367 g/mol. The average Bonchev–Trinajstić information content (AvgIpc) is 2.73. The molecular weight excluding hydrogens is 338 g/mol. The van der Waals surface area contributed by atoms with Crippen molar-refractivity contribution in [3.63, 3.8) is 0 Å². The highest BCUT2D eigenvalue weighted by Gasteiger charge is 2.27. The van der Waals surface area contributed by atoms with Crippen molar-refractivity contribution in [2.24, 2.45) is 0 Å². The van der Waals surface area contributed by atoms with Gasteiger partial charge in [0.05, 0.1) is 6.04 Å². The maximum absolute atomic E-state index is 12.8. The number of carbonyl (C=O) groups excluding carboxylic acids is 1. The summed E-state index contributed by atoms with van der Waals surface area (Å²) in [7, 11) is 0. The van der Waals surface area contributed by atoms with E-state index in [9.17, 15) is 4.79 Å². The van der Waals surface area contributed by atoms with Gasteiger partial charge in [-0.05, 0) is 37.0 Å². The van der Waals surface area contributed by atoms with Crippen molar-refractivity contribution in [2.75, 3.05) is 36.4 Å². The van der Waals surface area contributed by atoms with Crippen molar-refractivity contribution in [3.8, 4) is 0 Å². The van der Waals surface area contributed by atoms with E-state index in [1.807, 2.05) is 31.2 Å². The lowest BCUT2D eigenvalue weighted by Gasteiger charge is -2.37. The smallest absolute Gasteiger partial charge is 0.241 e. The highest BCUT2D eigenvalue weighted by Crippen LogP contribution is 2.26. The molecule has 1 aliphatic heterocycles. The molecule has 6 heteroatoms. The minimum Gasteiger partial charge on any atom is -0.338 e. The third-order valence-electron chi connectivity index (χ3n) is 5.44. The fraction of sp³-hybridized carbons (Fsp3) is 0.476. The lowest BCUT2D eigenvalue weighted by molar-refractivity contribution is -0.120. The van der Waals surface area contributed by atoms with Gasteiger partial charge in [0.2, 0.25) is 11.9 Å². The summed E-state index contributed by atoms with van der Waals surface area (Å²) in [6.07, 6.45) is 4.57. The quantitative estimate of drug-likeness (QED) is 0.850. The Morgan fingerprint density at radius 2 is 1.74 bits per heavy atom. The number of para-hydroxylation sites is 1. The minimum absolute atomic E-state index is 0.0511. The number of nitrogens with zero attached hydrogens (tertiary/aromatic N) is 4. The number of amides is 1. The molecule has 0 spiro atoms. The van der Waals surface area contributed by atoms with Crippen LogP contribution in [0.3, 0.4) is 0 Å². The molecule has 2 heterocycles. The van der Waals surface area contributed by atoms with Crippen LogP contribution < -0.4 is 10.2 Å². The van der Waals surface area contributed by atoms with Gasteiger partial charge < -0.3 is 10.2 Å². The van der Waals surface area contributed by atoms with E-state index < -0.39 is 0 Å². The molecule has 1 aromatic heterocycles. The van der Waals surface area contributed by atoms with Crippen molar-refractivity contribution in [3.05, 3.63) is 48.3 Å². The molecule has 0 aliphatic carbocycles. The Bertz CT molecular complexity index is 743. The summed E-state index contributed by atoms with van der Waals surface area (Å²) in [6.45, 7) is 9.63. The first-order valence-corrected chi connectivity index (χ1v) is 9.76. The van der Waals surface area contributed by atoms with Crippen molar-refractivity contribution < 1.29 is 4.79 Å². The van der Waals surface area contributed by atoms with Crippen LogP contribution in [0.5, 0.6) is 0 Å². The Hall–Kier alpha value is -2.47. The number of hydrogen-bond donors (Lipinski definition) is 1. The van der Waals surface area contributed by atoms with Gasteiger partial charge in [0.1, 0.15) is 0 Å². The zero-order valence-corrected chi connectivity index (χ0v) is 16.4. The zero-order valence-electron chi connectivity index (χ0n) is 16.4. The zero-order chi connectivity index (χ0) is 19.2. The van der Waals surface area contributed by atoms with Crippen LogP contribution >= 0.6 is 0 Å². The van der Waals surface area contributed by atoms with Gasteiger partial charge in [0.15, 0.2) is 0 Å². The summed E-state index contributed by atoms with van der Waals surface area (Å²) in [5, 5.41) is 3.15. The Morgan fingerprint density at radius 1 is 1.07 bits per heavy atom. The fourth-order valence-electron chi connectivity index (χ4n) is 3.43. The van der Waals surface area contributed by atoms with Crippen molar-refractivity contribution in [1.82, 2.24) is 14.9 Å². The number of anilines is 2. The maximum Gasteiger partial charge on any atom is 0.241 e. The topological polar surface area (TPSA) is 61.4 Å². The van der Waals surface area contributed by atoms with Gasteiger partial charge in [-0.15, -0.1) is 0 Å². The summed E-state index contributed by atoms with van der Waals surface area (Å²) in [4.78, 5) is 25.9. The first kappa shape index (κ1) is 19.3. The number of hydrogen-bond acceptors (Lipinski definition) is 5. The van der Waals surface area contributed by atoms with Crippen molar-refractivity contribution >= 4 is 17.5 Å². The number of nitrogens with one attached hydrogen (secondary N) is 1. The molecule has 0 radical (unpaired) electrons. The number of rotatable bonds is 6. The molecule has 3 rings (SSSR count). The predicted octanol–water partition coefficient (Wildman–Crippen LogP) is 3.14. The molecule has 1 fully saturated rings. The molecule has 0 saturated carbocycles. The summed E-state index contributed by atoms with van der Waals surface area (Å²) < 4.78 is 0. The average molecular weight is 367 g/mol. The van der Waals surface area contributed by atoms with Gasteiger partial charge in [0, 0.05) is 44.3 Å². The summed E-state index contributed by atoms with van der Waals surface area (Å²) in [5.41, 5.74) is 2.13. The molecule has 2 atom stereocenters. The molecular formula is C21H29N5O. The maximum atomic E-state index is 12.8. The predicted molar refractivity (Wildman–Crippen MR) is 109 cm³/mol. The largest absolute Gasteiger partial charge is 0.338 e.